The molecule has 0 saturated carbocycles. The van der Waals surface area contributed by atoms with Gasteiger partial charge in [-0.2, -0.15) is 0 Å². The lowest BCUT2D eigenvalue weighted by molar-refractivity contribution is 0.309. The van der Waals surface area contributed by atoms with Gasteiger partial charge in [0.25, 0.3) is 0 Å². The van der Waals surface area contributed by atoms with Crippen LogP contribution in [0.4, 0.5) is 0 Å². The van der Waals surface area contributed by atoms with Crippen LogP contribution in [0.25, 0.3) is 11.0 Å². The summed E-state index contributed by atoms with van der Waals surface area (Å²) in [7, 11) is 2.13. The van der Waals surface area contributed by atoms with E-state index in [0.717, 1.165) is 36.4 Å². The van der Waals surface area contributed by atoms with Crippen molar-refractivity contribution >= 4 is 11.0 Å². The monoisotopic (exact) mass is 258 g/mol. The number of nitrogens with zero attached hydrogens (tertiary/aromatic N) is 3. The van der Waals surface area contributed by atoms with Crippen LogP contribution in [0.1, 0.15) is 19.5 Å². The Kier molecular flexibility index (Phi) is 4.82. The summed E-state index contributed by atoms with van der Waals surface area (Å²) >= 11 is 0. The lowest BCUT2D eigenvalue weighted by Crippen LogP contribution is -2.37. The summed E-state index contributed by atoms with van der Waals surface area (Å²) in [6.45, 7) is 7.23. The summed E-state index contributed by atoms with van der Waals surface area (Å²) < 4.78 is 0. The van der Waals surface area contributed by atoms with Crippen molar-refractivity contribution in [2.24, 2.45) is 0 Å². The molecule has 102 valence electrons. The highest BCUT2D eigenvalue weighted by molar-refractivity contribution is 5.73. The molecule has 0 aliphatic heterocycles. The van der Waals surface area contributed by atoms with E-state index in [1.807, 2.05) is 30.5 Å². The van der Waals surface area contributed by atoms with E-state index in [1.165, 1.54) is 0 Å². The van der Waals surface area contributed by atoms with Gasteiger partial charge in [-0.25, -0.2) is 4.98 Å². The van der Waals surface area contributed by atoms with Gasteiger partial charge in [-0.15, -0.1) is 0 Å². The second-order valence-corrected chi connectivity index (χ2v) is 4.99. The largest absolute Gasteiger partial charge is 0.307 e. The number of rotatable bonds is 6. The van der Waals surface area contributed by atoms with Crippen molar-refractivity contribution in [1.82, 2.24) is 20.2 Å². The predicted octanol–water partition coefficient (Wildman–Crippen LogP) is 2.06. The SMILES string of the molecule is CCN(C)CC(C)NCc1cnc2ccccc2n1. The Balaban J connectivity index is 1.94. The van der Waals surface area contributed by atoms with Crippen molar-refractivity contribution in [3.8, 4) is 0 Å². The maximum Gasteiger partial charge on any atom is 0.0890 e. The molecule has 0 radical (unpaired) electrons. The molecule has 19 heavy (non-hydrogen) atoms. The Bertz CT molecular complexity index is 526. The lowest BCUT2D eigenvalue weighted by Gasteiger charge is -2.20. The highest BCUT2D eigenvalue weighted by Gasteiger charge is 2.05. The molecule has 4 heteroatoms. The van der Waals surface area contributed by atoms with Gasteiger partial charge in [0.15, 0.2) is 0 Å². The van der Waals surface area contributed by atoms with Crippen molar-refractivity contribution in [2.75, 3.05) is 20.1 Å². The summed E-state index contributed by atoms with van der Waals surface area (Å²) in [5.41, 5.74) is 2.90. The van der Waals surface area contributed by atoms with Crippen molar-refractivity contribution < 1.29 is 0 Å². The van der Waals surface area contributed by atoms with Crippen LogP contribution in [0.3, 0.4) is 0 Å². The highest BCUT2D eigenvalue weighted by Crippen LogP contribution is 2.08. The van der Waals surface area contributed by atoms with Crippen LogP contribution < -0.4 is 5.32 Å². The summed E-state index contributed by atoms with van der Waals surface area (Å²) in [5, 5.41) is 3.48. The van der Waals surface area contributed by atoms with E-state index in [-0.39, 0.29) is 0 Å². The lowest BCUT2D eigenvalue weighted by atomic mass is 10.2. The molecular formula is C15H22N4. The van der Waals surface area contributed by atoms with Crippen molar-refractivity contribution in [1.29, 1.82) is 0 Å². The summed E-state index contributed by atoms with van der Waals surface area (Å²) in [5.74, 6) is 0. The third kappa shape index (κ3) is 3.98. The minimum atomic E-state index is 0.443. The molecule has 1 atom stereocenters. The van der Waals surface area contributed by atoms with E-state index in [2.05, 4.69) is 41.1 Å². The van der Waals surface area contributed by atoms with Crippen LogP contribution in [-0.2, 0) is 6.54 Å². The number of benzene rings is 1. The maximum atomic E-state index is 4.61. The third-order valence-corrected chi connectivity index (χ3v) is 3.26. The van der Waals surface area contributed by atoms with Gasteiger partial charge < -0.3 is 10.2 Å². The van der Waals surface area contributed by atoms with Crippen LogP contribution >= 0.6 is 0 Å². The van der Waals surface area contributed by atoms with Crippen LogP contribution in [0.15, 0.2) is 30.5 Å². The molecule has 1 heterocycles. The van der Waals surface area contributed by atoms with E-state index >= 15 is 0 Å². The topological polar surface area (TPSA) is 41.0 Å². The second kappa shape index (κ2) is 6.59. The molecule has 0 fully saturated rings. The van der Waals surface area contributed by atoms with Crippen LogP contribution in [-0.4, -0.2) is 41.0 Å². The second-order valence-electron chi connectivity index (χ2n) is 4.99. The Morgan fingerprint density at radius 2 is 2.00 bits per heavy atom. The van der Waals surface area contributed by atoms with E-state index in [4.69, 9.17) is 0 Å². The smallest absolute Gasteiger partial charge is 0.0890 e. The molecule has 2 rings (SSSR count). The van der Waals surface area contributed by atoms with E-state index in [9.17, 15) is 0 Å². The molecule has 0 bridgehead atoms. The fraction of sp³-hybridized carbons (Fsp3) is 0.467. The van der Waals surface area contributed by atoms with Gasteiger partial charge in [-0.3, -0.25) is 4.98 Å². The number of hydrogen-bond acceptors (Lipinski definition) is 4. The summed E-state index contributed by atoms with van der Waals surface area (Å²) in [6, 6.07) is 8.40. The maximum absolute atomic E-state index is 4.61. The van der Waals surface area contributed by atoms with E-state index in [1.54, 1.807) is 0 Å². The Hall–Kier alpha value is -1.52. The van der Waals surface area contributed by atoms with Crippen molar-refractivity contribution in [3.05, 3.63) is 36.2 Å². The minimum absolute atomic E-state index is 0.443. The molecule has 4 nitrogen and oxygen atoms in total. The van der Waals surface area contributed by atoms with E-state index in [0.29, 0.717) is 6.04 Å². The molecule has 2 aromatic rings. The standard InChI is InChI=1S/C15H22N4/c1-4-19(3)11-12(2)16-9-13-10-17-14-7-5-6-8-15(14)18-13/h5-8,10,12,16H,4,9,11H2,1-3H3. The minimum Gasteiger partial charge on any atom is -0.307 e. The number of aromatic nitrogens is 2. The van der Waals surface area contributed by atoms with Crippen LogP contribution in [0, 0.1) is 0 Å². The highest BCUT2D eigenvalue weighted by atomic mass is 15.1. The van der Waals surface area contributed by atoms with Gasteiger partial charge >= 0.3 is 0 Å². The van der Waals surface area contributed by atoms with Gasteiger partial charge in [0, 0.05) is 19.1 Å². The Morgan fingerprint density at radius 3 is 2.74 bits per heavy atom. The zero-order chi connectivity index (χ0) is 13.7. The number of fused-ring (bicyclic) bond motifs is 1. The first kappa shape index (κ1) is 13.9. The van der Waals surface area contributed by atoms with Crippen molar-refractivity contribution in [3.63, 3.8) is 0 Å². The fourth-order valence-electron chi connectivity index (χ4n) is 2.02. The Morgan fingerprint density at radius 1 is 1.26 bits per heavy atom. The fourth-order valence-corrected chi connectivity index (χ4v) is 2.02. The molecule has 1 aromatic heterocycles. The van der Waals surface area contributed by atoms with Crippen LogP contribution in [0.2, 0.25) is 0 Å². The number of para-hydroxylation sites is 2. The first-order chi connectivity index (χ1) is 9.19. The summed E-state index contributed by atoms with van der Waals surface area (Å²) in [6.07, 6.45) is 1.85. The zero-order valence-corrected chi connectivity index (χ0v) is 11.9. The molecule has 1 N–H and O–H groups in total. The summed E-state index contributed by atoms with van der Waals surface area (Å²) in [4.78, 5) is 11.3. The number of nitrogens with one attached hydrogen (secondary N) is 1. The molecular weight excluding hydrogens is 236 g/mol. The number of likely N-dealkylation sites (N-methyl/N-ethyl adjacent to an activating group) is 1. The third-order valence-electron chi connectivity index (χ3n) is 3.26. The molecule has 0 aliphatic carbocycles. The molecule has 1 unspecified atom stereocenters. The van der Waals surface area contributed by atoms with Gasteiger partial charge in [0.05, 0.1) is 22.9 Å². The normalized spacial score (nSPS) is 13.1. The molecule has 0 amide bonds. The first-order valence-corrected chi connectivity index (χ1v) is 6.81. The molecule has 0 saturated heterocycles. The van der Waals surface area contributed by atoms with Gasteiger partial charge in [-0.1, -0.05) is 19.1 Å². The van der Waals surface area contributed by atoms with Gasteiger partial charge in [-0.05, 0) is 32.6 Å². The van der Waals surface area contributed by atoms with E-state index < -0.39 is 0 Å². The average molecular weight is 258 g/mol. The first-order valence-electron chi connectivity index (χ1n) is 6.81. The Labute approximate surface area is 114 Å². The molecule has 0 spiro atoms. The van der Waals surface area contributed by atoms with Crippen molar-refractivity contribution in [2.45, 2.75) is 26.4 Å². The zero-order valence-electron chi connectivity index (χ0n) is 11.9. The van der Waals surface area contributed by atoms with Gasteiger partial charge in [0.2, 0.25) is 0 Å². The van der Waals surface area contributed by atoms with Crippen LogP contribution in [0.5, 0.6) is 0 Å². The average Bonchev–Trinajstić information content (AvgIpc) is 2.44. The van der Waals surface area contributed by atoms with Gasteiger partial charge in [0.1, 0.15) is 0 Å². The quantitative estimate of drug-likeness (QED) is 0.861. The number of hydrogen-bond donors (Lipinski definition) is 1. The predicted molar refractivity (Wildman–Crippen MR) is 79.0 cm³/mol. The molecule has 0 aliphatic rings. The molecule has 1 aromatic carbocycles.